The van der Waals surface area contributed by atoms with Crippen molar-refractivity contribution in [3.8, 4) is 0 Å². The highest BCUT2D eigenvalue weighted by Crippen LogP contribution is 2.11. The van der Waals surface area contributed by atoms with Gasteiger partial charge in [0.05, 0.1) is 11.2 Å². The van der Waals surface area contributed by atoms with E-state index < -0.39 is 0 Å². The molecule has 0 spiro atoms. The Balaban J connectivity index is 2.33. The van der Waals surface area contributed by atoms with Crippen LogP contribution in [0.3, 0.4) is 0 Å². The zero-order valence-electron chi connectivity index (χ0n) is 6.93. The Hall–Kier alpha value is -0.380. The highest BCUT2D eigenvalue weighted by Gasteiger charge is 1.99. The van der Waals surface area contributed by atoms with E-state index in [1.54, 1.807) is 11.3 Å². The molecule has 1 aromatic rings. The molecule has 0 bridgehead atoms. The summed E-state index contributed by atoms with van der Waals surface area (Å²) >= 11 is 7.24. The van der Waals surface area contributed by atoms with Crippen LogP contribution in [0, 0.1) is 6.92 Å². The number of hydrogen-bond donors (Lipinski definition) is 1. The van der Waals surface area contributed by atoms with E-state index in [9.17, 15) is 0 Å². The second-order valence-corrected chi connectivity index (χ2v) is 3.96. The zero-order chi connectivity index (χ0) is 8.97. The quantitative estimate of drug-likeness (QED) is 0.811. The maximum Gasteiger partial charge on any atom is 0.0798 e. The van der Waals surface area contributed by atoms with E-state index in [-0.39, 0.29) is 0 Å². The van der Waals surface area contributed by atoms with Crippen molar-refractivity contribution in [2.24, 2.45) is 0 Å². The second kappa shape index (κ2) is 4.60. The van der Waals surface area contributed by atoms with Crippen molar-refractivity contribution in [3.63, 3.8) is 0 Å². The van der Waals surface area contributed by atoms with Crippen LogP contribution in [0.25, 0.3) is 0 Å². The summed E-state index contributed by atoms with van der Waals surface area (Å²) in [7, 11) is 0. The molecule has 0 aromatic carbocycles. The average Bonchev–Trinajstić information content (AvgIpc) is 2.36. The Labute approximate surface area is 81.3 Å². The summed E-state index contributed by atoms with van der Waals surface area (Å²) in [5.41, 5.74) is 2.94. The number of halogens is 1. The fraction of sp³-hybridized carbons (Fsp3) is 0.375. The lowest BCUT2D eigenvalue weighted by molar-refractivity contribution is 0.759. The lowest BCUT2D eigenvalue weighted by Crippen LogP contribution is -2.14. The summed E-state index contributed by atoms with van der Waals surface area (Å²) in [6.45, 7) is 7.06. The van der Waals surface area contributed by atoms with Crippen LogP contribution >= 0.6 is 22.9 Å². The first kappa shape index (κ1) is 9.71. The molecule has 12 heavy (non-hydrogen) atoms. The van der Waals surface area contributed by atoms with Crippen LogP contribution in [-0.4, -0.2) is 11.5 Å². The van der Waals surface area contributed by atoms with E-state index in [1.165, 1.54) is 4.88 Å². The van der Waals surface area contributed by atoms with Crippen LogP contribution in [0.5, 0.6) is 0 Å². The number of nitrogens with zero attached hydrogens (tertiary/aromatic N) is 1. The molecule has 0 aliphatic carbocycles. The van der Waals surface area contributed by atoms with Crippen molar-refractivity contribution in [1.82, 2.24) is 10.3 Å². The zero-order valence-corrected chi connectivity index (χ0v) is 8.50. The molecule has 0 saturated carbocycles. The van der Waals surface area contributed by atoms with Gasteiger partial charge in [-0.25, -0.2) is 4.98 Å². The van der Waals surface area contributed by atoms with Gasteiger partial charge in [-0.05, 0) is 6.92 Å². The molecule has 1 N–H and O–H groups in total. The summed E-state index contributed by atoms with van der Waals surface area (Å²) in [4.78, 5) is 5.39. The van der Waals surface area contributed by atoms with Gasteiger partial charge in [0, 0.05) is 23.0 Å². The molecule has 1 aromatic heterocycles. The first-order chi connectivity index (χ1) is 5.70. The number of thiazole rings is 1. The Morgan fingerprint density at radius 1 is 1.83 bits per heavy atom. The maximum atomic E-state index is 5.59. The largest absolute Gasteiger partial charge is 0.307 e. The molecule has 0 atom stereocenters. The van der Waals surface area contributed by atoms with Crippen LogP contribution < -0.4 is 5.32 Å². The van der Waals surface area contributed by atoms with Crippen LogP contribution in [0.2, 0.25) is 0 Å². The molecule has 0 saturated heterocycles. The SMILES string of the molecule is C=C(Cl)CNCc1scnc1C. The predicted molar refractivity (Wildman–Crippen MR) is 53.6 cm³/mol. The monoisotopic (exact) mass is 202 g/mol. The first-order valence-corrected chi connectivity index (χ1v) is 4.89. The van der Waals surface area contributed by atoms with Gasteiger partial charge in [0.2, 0.25) is 0 Å². The molecular formula is C8H11ClN2S. The third-order valence-electron chi connectivity index (χ3n) is 1.45. The summed E-state index contributed by atoms with van der Waals surface area (Å²) < 4.78 is 0. The molecule has 0 radical (unpaired) electrons. The minimum Gasteiger partial charge on any atom is -0.307 e. The minimum absolute atomic E-state index is 0.636. The third kappa shape index (κ3) is 2.93. The summed E-state index contributed by atoms with van der Waals surface area (Å²) in [6.07, 6.45) is 0. The number of nitrogens with one attached hydrogen (secondary N) is 1. The van der Waals surface area contributed by atoms with Gasteiger partial charge in [0.15, 0.2) is 0 Å². The smallest absolute Gasteiger partial charge is 0.0798 e. The topological polar surface area (TPSA) is 24.9 Å². The van der Waals surface area contributed by atoms with E-state index in [2.05, 4.69) is 16.9 Å². The Kier molecular flexibility index (Phi) is 3.72. The van der Waals surface area contributed by atoms with Gasteiger partial charge in [-0.1, -0.05) is 18.2 Å². The lowest BCUT2D eigenvalue weighted by atomic mass is 10.4. The number of hydrogen-bond acceptors (Lipinski definition) is 3. The van der Waals surface area contributed by atoms with Gasteiger partial charge in [0.25, 0.3) is 0 Å². The van der Waals surface area contributed by atoms with E-state index in [0.717, 1.165) is 12.2 Å². The van der Waals surface area contributed by atoms with Crippen molar-refractivity contribution in [3.05, 3.63) is 27.7 Å². The molecule has 1 rings (SSSR count). The lowest BCUT2D eigenvalue weighted by Gasteiger charge is -2.00. The van der Waals surface area contributed by atoms with Gasteiger partial charge in [-0.3, -0.25) is 0 Å². The van der Waals surface area contributed by atoms with E-state index >= 15 is 0 Å². The maximum absolute atomic E-state index is 5.59. The molecular weight excluding hydrogens is 192 g/mol. The highest BCUT2D eigenvalue weighted by molar-refractivity contribution is 7.09. The number of aromatic nitrogens is 1. The molecule has 0 amide bonds. The normalized spacial score (nSPS) is 10.2. The Morgan fingerprint density at radius 3 is 3.08 bits per heavy atom. The fourth-order valence-electron chi connectivity index (χ4n) is 0.808. The van der Waals surface area contributed by atoms with E-state index in [4.69, 9.17) is 11.6 Å². The van der Waals surface area contributed by atoms with Crippen LogP contribution in [0.4, 0.5) is 0 Å². The highest BCUT2D eigenvalue weighted by atomic mass is 35.5. The fourth-order valence-corrected chi connectivity index (χ4v) is 1.65. The van der Waals surface area contributed by atoms with Gasteiger partial charge >= 0.3 is 0 Å². The molecule has 0 aliphatic rings. The van der Waals surface area contributed by atoms with Crippen LogP contribution in [0.15, 0.2) is 17.1 Å². The van der Waals surface area contributed by atoms with Crippen molar-refractivity contribution >= 4 is 22.9 Å². The third-order valence-corrected chi connectivity index (χ3v) is 2.52. The molecule has 0 aliphatic heterocycles. The van der Waals surface area contributed by atoms with Gasteiger partial charge in [-0.2, -0.15) is 0 Å². The predicted octanol–water partition coefficient (Wildman–Crippen LogP) is 2.29. The summed E-state index contributed by atoms with van der Waals surface area (Å²) in [5, 5.41) is 3.80. The average molecular weight is 203 g/mol. The molecule has 4 heteroatoms. The molecule has 0 unspecified atom stereocenters. The summed E-state index contributed by atoms with van der Waals surface area (Å²) in [5.74, 6) is 0. The molecule has 0 fully saturated rings. The minimum atomic E-state index is 0.636. The standard InChI is InChI=1S/C8H11ClN2S/c1-6(9)3-10-4-8-7(2)11-5-12-8/h5,10H,1,3-4H2,2H3. The van der Waals surface area contributed by atoms with E-state index in [1.807, 2.05) is 12.4 Å². The summed E-state index contributed by atoms with van der Waals surface area (Å²) in [6, 6.07) is 0. The number of rotatable bonds is 4. The Bertz CT molecular complexity index is 270. The van der Waals surface area contributed by atoms with Crippen LogP contribution in [-0.2, 0) is 6.54 Å². The van der Waals surface area contributed by atoms with Crippen LogP contribution in [0.1, 0.15) is 10.6 Å². The van der Waals surface area contributed by atoms with Crippen molar-refractivity contribution in [2.75, 3.05) is 6.54 Å². The van der Waals surface area contributed by atoms with Crippen molar-refractivity contribution in [1.29, 1.82) is 0 Å². The van der Waals surface area contributed by atoms with Crippen molar-refractivity contribution < 1.29 is 0 Å². The van der Waals surface area contributed by atoms with Gasteiger partial charge in [-0.15, -0.1) is 11.3 Å². The first-order valence-electron chi connectivity index (χ1n) is 3.63. The number of aryl methyl sites for hydroxylation is 1. The molecule has 2 nitrogen and oxygen atoms in total. The van der Waals surface area contributed by atoms with Gasteiger partial charge < -0.3 is 5.32 Å². The second-order valence-electron chi connectivity index (χ2n) is 2.48. The van der Waals surface area contributed by atoms with E-state index in [0.29, 0.717) is 11.6 Å². The molecule has 1 heterocycles. The Morgan fingerprint density at radius 2 is 2.58 bits per heavy atom. The van der Waals surface area contributed by atoms with Gasteiger partial charge in [0.1, 0.15) is 0 Å². The molecule has 66 valence electrons. The van der Waals surface area contributed by atoms with Crippen molar-refractivity contribution in [2.45, 2.75) is 13.5 Å².